The zero-order chi connectivity index (χ0) is 16.8. The number of halogens is 4. The predicted octanol–water partition coefficient (Wildman–Crippen LogP) is 4.68. The molecule has 3 aromatic rings. The summed E-state index contributed by atoms with van der Waals surface area (Å²) in [5, 5.41) is 0.405. The van der Waals surface area contributed by atoms with E-state index < -0.39 is 11.7 Å². The molecule has 0 unspecified atom stereocenters. The van der Waals surface area contributed by atoms with E-state index in [1.807, 2.05) is 0 Å². The number of rotatable bonds is 1. The van der Waals surface area contributed by atoms with E-state index in [0.29, 0.717) is 10.9 Å². The highest BCUT2D eigenvalue weighted by atomic mass is 79.9. The molecule has 0 radical (unpaired) electrons. The van der Waals surface area contributed by atoms with Gasteiger partial charge in [0.1, 0.15) is 5.82 Å². The summed E-state index contributed by atoms with van der Waals surface area (Å²) in [7, 11) is 0. The Morgan fingerprint density at radius 3 is 2.61 bits per heavy atom. The highest BCUT2D eigenvalue weighted by molar-refractivity contribution is 9.10. The molecular weight excluding hydrogens is 373 g/mol. The number of nitrogens with zero attached hydrogens (tertiary/aromatic N) is 1. The van der Waals surface area contributed by atoms with Crippen molar-refractivity contribution in [2.45, 2.75) is 13.1 Å². The van der Waals surface area contributed by atoms with Gasteiger partial charge in [0.15, 0.2) is 0 Å². The monoisotopic (exact) mass is 382 g/mol. The number of aromatic nitrogens is 2. The van der Waals surface area contributed by atoms with Crippen molar-refractivity contribution in [2.75, 3.05) is 0 Å². The Morgan fingerprint density at radius 2 is 1.91 bits per heavy atom. The van der Waals surface area contributed by atoms with Gasteiger partial charge in [0.25, 0.3) is 5.56 Å². The highest BCUT2D eigenvalue weighted by Gasteiger charge is 2.33. The number of aryl methyl sites for hydroxylation is 1. The van der Waals surface area contributed by atoms with Gasteiger partial charge in [0, 0.05) is 10.0 Å². The van der Waals surface area contributed by atoms with Crippen LogP contribution in [0.3, 0.4) is 0 Å². The van der Waals surface area contributed by atoms with Gasteiger partial charge in [0.2, 0.25) is 0 Å². The summed E-state index contributed by atoms with van der Waals surface area (Å²) in [4.78, 5) is 19.0. The molecule has 2 aromatic carbocycles. The number of nitrogens with one attached hydrogen (secondary N) is 1. The summed E-state index contributed by atoms with van der Waals surface area (Å²) in [6.07, 6.45) is -4.50. The van der Waals surface area contributed by atoms with Crippen LogP contribution in [0.4, 0.5) is 13.2 Å². The van der Waals surface area contributed by atoms with Gasteiger partial charge in [-0.05, 0) is 30.7 Å². The molecule has 0 amide bonds. The van der Waals surface area contributed by atoms with Gasteiger partial charge in [-0.15, -0.1) is 0 Å². The van der Waals surface area contributed by atoms with Crippen LogP contribution in [0.25, 0.3) is 22.3 Å². The zero-order valence-corrected chi connectivity index (χ0v) is 13.4. The van der Waals surface area contributed by atoms with E-state index in [9.17, 15) is 18.0 Å². The van der Waals surface area contributed by atoms with Crippen LogP contribution < -0.4 is 5.56 Å². The molecule has 1 heterocycles. The fraction of sp³-hybridized carbons (Fsp3) is 0.125. The van der Waals surface area contributed by atoms with Crippen molar-refractivity contribution in [3.63, 3.8) is 0 Å². The summed E-state index contributed by atoms with van der Waals surface area (Å²) < 4.78 is 39.0. The average molecular weight is 383 g/mol. The molecule has 0 aliphatic carbocycles. The van der Waals surface area contributed by atoms with Gasteiger partial charge >= 0.3 is 6.18 Å². The lowest BCUT2D eigenvalue weighted by molar-refractivity contribution is -0.138. The number of alkyl halides is 3. The molecule has 0 spiro atoms. The lowest BCUT2D eigenvalue weighted by atomic mass is 10.1. The van der Waals surface area contributed by atoms with E-state index in [-0.39, 0.29) is 21.4 Å². The van der Waals surface area contributed by atoms with Crippen LogP contribution in [0.15, 0.2) is 45.7 Å². The van der Waals surface area contributed by atoms with E-state index in [0.717, 1.165) is 11.6 Å². The van der Waals surface area contributed by atoms with E-state index in [4.69, 9.17) is 0 Å². The molecular formula is C16H10BrF3N2O. The third-order valence-electron chi connectivity index (χ3n) is 3.48. The molecule has 0 aliphatic rings. The largest absolute Gasteiger partial charge is 0.417 e. The first-order valence-electron chi connectivity index (χ1n) is 6.64. The van der Waals surface area contributed by atoms with Crippen molar-refractivity contribution >= 4 is 26.8 Å². The fourth-order valence-electron chi connectivity index (χ4n) is 2.33. The second-order valence-electron chi connectivity index (χ2n) is 5.08. The Bertz CT molecular complexity index is 964. The number of hydrogen-bond donors (Lipinski definition) is 1. The molecule has 0 saturated carbocycles. The smallest absolute Gasteiger partial charge is 0.306 e. The Balaban J connectivity index is 2.26. The van der Waals surface area contributed by atoms with Crippen LogP contribution in [0.1, 0.15) is 11.1 Å². The van der Waals surface area contributed by atoms with E-state index in [1.54, 1.807) is 25.1 Å². The predicted molar refractivity (Wildman–Crippen MR) is 85.2 cm³/mol. The lowest BCUT2D eigenvalue weighted by Crippen LogP contribution is -2.11. The van der Waals surface area contributed by atoms with Crippen molar-refractivity contribution in [2.24, 2.45) is 0 Å². The van der Waals surface area contributed by atoms with Gasteiger partial charge < -0.3 is 4.98 Å². The number of aromatic amines is 1. The molecule has 3 nitrogen and oxygen atoms in total. The van der Waals surface area contributed by atoms with Crippen molar-refractivity contribution < 1.29 is 13.2 Å². The van der Waals surface area contributed by atoms with Crippen LogP contribution in [0.5, 0.6) is 0 Å². The van der Waals surface area contributed by atoms with E-state index in [1.165, 1.54) is 12.1 Å². The Kier molecular flexibility index (Phi) is 3.75. The van der Waals surface area contributed by atoms with Gasteiger partial charge in [-0.1, -0.05) is 34.1 Å². The van der Waals surface area contributed by atoms with Crippen LogP contribution in [-0.2, 0) is 6.18 Å². The maximum Gasteiger partial charge on any atom is 0.417 e. The summed E-state index contributed by atoms with van der Waals surface area (Å²) in [6, 6.07) is 8.88. The average Bonchev–Trinajstić information content (AvgIpc) is 2.47. The first kappa shape index (κ1) is 15.7. The summed E-state index contributed by atoms with van der Waals surface area (Å²) in [6.45, 7) is 1.79. The molecule has 1 N–H and O–H groups in total. The Hall–Kier alpha value is -2.15. The number of fused-ring (bicyclic) bond motifs is 1. The van der Waals surface area contributed by atoms with Crippen LogP contribution in [-0.4, -0.2) is 9.97 Å². The second kappa shape index (κ2) is 5.49. The number of H-pyrrole nitrogens is 1. The molecule has 23 heavy (non-hydrogen) atoms. The fourth-order valence-corrected chi connectivity index (χ4v) is 2.80. The molecule has 7 heteroatoms. The van der Waals surface area contributed by atoms with Gasteiger partial charge in [-0.3, -0.25) is 4.79 Å². The third kappa shape index (κ3) is 2.88. The molecule has 0 atom stereocenters. The first-order chi connectivity index (χ1) is 10.8. The minimum Gasteiger partial charge on any atom is -0.306 e. The molecule has 118 valence electrons. The third-order valence-corrected chi connectivity index (χ3v) is 4.17. The Morgan fingerprint density at radius 1 is 1.17 bits per heavy atom. The van der Waals surface area contributed by atoms with Gasteiger partial charge in [-0.25, -0.2) is 4.98 Å². The molecule has 0 fully saturated rings. The molecule has 0 saturated heterocycles. The van der Waals surface area contributed by atoms with Crippen LogP contribution in [0.2, 0.25) is 0 Å². The summed E-state index contributed by atoms with van der Waals surface area (Å²) in [5.74, 6) is 0.106. The van der Waals surface area contributed by atoms with Gasteiger partial charge in [-0.2, -0.15) is 13.2 Å². The van der Waals surface area contributed by atoms with Crippen molar-refractivity contribution in [3.05, 3.63) is 62.4 Å². The van der Waals surface area contributed by atoms with Crippen molar-refractivity contribution in [3.8, 4) is 11.4 Å². The molecule has 3 rings (SSSR count). The van der Waals surface area contributed by atoms with E-state index >= 15 is 0 Å². The molecule has 0 aliphatic heterocycles. The summed E-state index contributed by atoms with van der Waals surface area (Å²) in [5.41, 5.74) is 0.251. The minimum absolute atomic E-state index is 0.0620. The maximum absolute atomic E-state index is 13.0. The van der Waals surface area contributed by atoms with Crippen molar-refractivity contribution in [1.29, 1.82) is 0 Å². The topological polar surface area (TPSA) is 45.8 Å². The summed E-state index contributed by atoms with van der Waals surface area (Å²) >= 11 is 2.89. The number of para-hydroxylation sites is 1. The van der Waals surface area contributed by atoms with Crippen LogP contribution in [0, 0.1) is 6.92 Å². The quantitative estimate of drug-likeness (QED) is 0.663. The second-order valence-corrected chi connectivity index (χ2v) is 5.93. The van der Waals surface area contributed by atoms with Crippen molar-refractivity contribution in [1.82, 2.24) is 9.97 Å². The minimum atomic E-state index is -4.50. The highest BCUT2D eigenvalue weighted by Crippen LogP contribution is 2.36. The number of benzene rings is 2. The van der Waals surface area contributed by atoms with E-state index in [2.05, 4.69) is 25.9 Å². The zero-order valence-electron chi connectivity index (χ0n) is 11.8. The molecule has 1 aromatic heterocycles. The first-order valence-corrected chi connectivity index (χ1v) is 7.43. The lowest BCUT2D eigenvalue weighted by Gasteiger charge is -2.11. The van der Waals surface area contributed by atoms with Gasteiger partial charge in [0.05, 0.1) is 16.5 Å². The van der Waals surface area contributed by atoms with Crippen LogP contribution >= 0.6 is 15.9 Å². The maximum atomic E-state index is 13.0. The number of hydrogen-bond acceptors (Lipinski definition) is 2. The Labute approximate surface area is 137 Å². The molecule has 0 bridgehead atoms. The SMILES string of the molecule is Cc1cccc2c(=O)[nH]c(-c3ccc(Br)c(C(F)(F)F)c3)nc12. The standard InChI is InChI=1S/C16H10BrF3N2O/c1-8-3-2-4-10-13(8)21-14(22-15(10)23)9-5-6-12(17)11(7-9)16(18,19)20/h2-7H,1H3,(H,21,22,23). The normalized spacial score (nSPS) is 11.9.